The zero-order chi connectivity index (χ0) is 10.4. The van der Waals surface area contributed by atoms with Crippen LogP contribution in [-0.4, -0.2) is 28.8 Å². The molecule has 0 aliphatic carbocycles. The summed E-state index contributed by atoms with van der Waals surface area (Å²) in [5.74, 6) is -0.761. The van der Waals surface area contributed by atoms with Gasteiger partial charge in [-0.1, -0.05) is 5.16 Å². The van der Waals surface area contributed by atoms with E-state index in [2.05, 4.69) is 20.3 Å². The molecule has 1 aromatic rings. The summed E-state index contributed by atoms with van der Waals surface area (Å²) in [4.78, 5) is 21.1. The number of nitrogens with zero attached hydrogens (tertiary/aromatic N) is 1. The first-order valence-corrected chi connectivity index (χ1v) is 3.86. The van der Waals surface area contributed by atoms with E-state index in [0.717, 1.165) is 0 Å². The van der Waals surface area contributed by atoms with Gasteiger partial charge in [0.2, 0.25) is 5.88 Å². The SMILES string of the molecule is O=C(O)CCNC(=O)Nc1ccno1. The Hall–Kier alpha value is -2.05. The minimum atomic E-state index is -0.968. The molecule has 2 amide bonds. The number of urea groups is 1. The maximum absolute atomic E-state index is 11.0. The molecular formula is C7H9N3O4. The van der Waals surface area contributed by atoms with Gasteiger partial charge in [-0.25, -0.2) is 4.79 Å². The first-order valence-electron chi connectivity index (χ1n) is 3.86. The van der Waals surface area contributed by atoms with Crippen molar-refractivity contribution in [1.82, 2.24) is 10.5 Å². The number of aromatic nitrogens is 1. The molecule has 1 heterocycles. The number of anilines is 1. The number of hydrogen-bond donors (Lipinski definition) is 3. The standard InChI is InChI=1S/C7H9N3O4/c11-6(12)2-3-8-7(13)10-5-1-4-9-14-5/h1,4H,2-3H2,(H,11,12)(H2,8,10,13). The van der Waals surface area contributed by atoms with Crippen molar-refractivity contribution in [1.29, 1.82) is 0 Å². The third-order valence-corrected chi connectivity index (χ3v) is 1.30. The zero-order valence-electron chi connectivity index (χ0n) is 7.19. The Morgan fingerprint density at radius 2 is 2.36 bits per heavy atom. The number of amides is 2. The van der Waals surface area contributed by atoms with Gasteiger partial charge < -0.3 is 14.9 Å². The van der Waals surface area contributed by atoms with Gasteiger partial charge in [0.25, 0.3) is 0 Å². The van der Waals surface area contributed by atoms with E-state index in [4.69, 9.17) is 5.11 Å². The molecular weight excluding hydrogens is 190 g/mol. The van der Waals surface area contributed by atoms with Gasteiger partial charge in [-0.15, -0.1) is 0 Å². The lowest BCUT2D eigenvalue weighted by Crippen LogP contribution is -2.30. The highest BCUT2D eigenvalue weighted by Crippen LogP contribution is 2.02. The number of carboxylic acid groups (broad SMARTS) is 1. The second kappa shape index (κ2) is 4.85. The molecule has 0 unspecified atom stereocenters. The van der Waals surface area contributed by atoms with Gasteiger partial charge in [0, 0.05) is 12.6 Å². The summed E-state index contributed by atoms with van der Waals surface area (Å²) in [6, 6.07) is 0.944. The molecule has 0 saturated carbocycles. The van der Waals surface area contributed by atoms with E-state index < -0.39 is 12.0 Å². The summed E-state index contributed by atoms with van der Waals surface area (Å²) in [7, 11) is 0. The number of carboxylic acids is 1. The van der Waals surface area contributed by atoms with Crippen molar-refractivity contribution in [3.05, 3.63) is 12.3 Å². The van der Waals surface area contributed by atoms with E-state index in [1.54, 1.807) is 0 Å². The molecule has 3 N–H and O–H groups in total. The topological polar surface area (TPSA) is 104 Å². The summed E-state index contributed by atoms with van der Waals surface area (Å²) in [6.07, 6.45) is 1.26. The van der Waals surface area contributed by atoms with Gasteiger partial charge in [0.15, 0.2) is 0 Å². The van der Waals surface area contributed by atoms with E-state index in [-0.39, 0.29) is 18.8 Å². The molecule has 0 spiro atoms. The lowest BCUT2D eigenvalue weighted by atomic mass is 10.4. The number of nitrogens with one attached hydrogen (secondary N) is 2. The minimum absolute atomic E-state index is 0.0648. The number of carbonyl (C=O) groups is 2. The fourth-order valence-corrected chi connectivity index (χ4v) is 0.719. The van der Waals surface area contributed by atoms with Crippen LogP contribution in [0, 0.1) is 0 Å². The molecule has 76 valence electrons. The van der Waals surface area contributed by atoms with Crippen LogP contribution >= 0.6 is 0 Å². The molecule has 0 radical (unpaired) electrons. The van der Waals surface area contributed by atoms with Gasteiger partial charge in [-0.3, -0.25) is 10.1 Å². The summed E-state index contributed by atoms with van der Waals surface area (Å²) in [5, 5.41) is 16.3. The fraction of sp³-hybridized carbons (Fsp3) is 0.286. The number of aliphatic carboxylic acids is 1. The highest BCUT2D eigenvalue weighted by atomic mass is 16.5. The van der Waals surface area contributed by atoms with Crippen molar-refractivity contribution in [2.45, 2.75) is 6.42 Å². The Kier molecular flexibility index (Phi) is 3.48. The molecule has 14 heavy (non-hydrogen) atoms. The predicted molar refractivity (Wildman–Crippen MR) is 45.8 cm³/mol. The summed E-state index contributed by atoms with van der Waals surface area (Å²) >= 11 is 0. The number of hydrogen-bond acceptors (Lipinski definition) is 4. The fourth-order valence-electron chi connectivity index (χ4n) is 0.719. The molecule has 0 aromatic carbocycles. The van der Waals surface area contributed by atoms with Crippen LogP contribution in [0.3, 0.4) is 0 Å². The molecule has 0 saturated heterocycles. The zero-order valence-corrected chi connectivity index (χ0v) is 7.19. The molecule has 7 heteroatoms. The van der Waals surface area contributed by atoms with Crippen LogP contribution in [0.4, 0.5) is 10.7 Å². The van der Waals surface area contributed by atoms with Gasteiger partial charge in [-0.2, -0.15) is 0 Å². The first-order chi connectivity index (χ1) is 6.68. The average molecular weight is 199 g/mol. The van der Waals surface area contributed by atoms with Crippen LogP contribution in [-0.2, 0) is 4.79 Å². The smallest absolute Gasteiger partial charge is 0.321 e. The summed E-state index contributed by atoms with van der Waals surface area (Å²) in [5.41, 5.74) is 0. The maximum Gasteiger partial charge on any atom is 0.321 e. The normalized spacial score (nSPS) is 9.43. The van der Waals surface area contributed by atoms with Crippen molar-refractivity contribution in [2.24, 2.45) is 0 Å². The monoisotopic (exact) mass is 199 g/mol. The first kappa shape index (κ1) is 10.0. The van der Waals surface area contributed by atoms with E-state index in [1.165, 1.54) is 12.3 Å². The van der Waals surface area contributed by atoms with Crippen molar-refractivity contribution >= 4 is 17.9 Å². The lowest BCUT2D eigenvalue weighted by molar-refractivity contribution is -0.136. The van der Waals surface area contributed by atoms with Crippen LogP contribution in [0.2, 0.25) is 0 Å². The minimum Gasteiger partial charge on any atom is -0.481 e. The van der Waals surface area contributed by atoms with Crippen molar-refractivity contribution in [2.75, 3.05) is 11.9 Å². The highest BCUT2D eigenvalue weighted by Gasteiger charge is 2.04. The van der Waals surface area contributed by atoms with Gasteiger partial charge in [0.1, 0.15) is 0 Å². The Morgan fingerprint density at radius 1 is 1.57 bits per heavy atom. The highest BCUT2D eigenvalue weighted by molar-refractivity contribution is 5.87. The second-order valence-electron chi connectivity index (χ2n) is 2.40. The molecule has 0 aliphatic rings. The van der Waals surface area contributed by atoms with E-state index in [9.17, 15) is 9.59 Å². The van der Waals surface area contributed by atoms with Gasteiger partial charge >= 0.3 is 12.0 Å². The molecule has 0 fully saturated rings. The van der Waals surface area contributed by atoms with Gasteiger partial charge in [-0.05, 0) is 0 Å². The summed E-state index contributed by atoms with van der Waals surface area (Å²) < 4.78 is 4.59. The van der Waals surface area contributed by atoms with E-state index >= 15 is 0 Å². The number of rotatable bonds is 4. The lowest BCUT2D eigenvalue weighted by Gasteiger charge is -2.02. The van der Waals surface area contributed by atoms with Crippen LogP contribution in [0.15, 0.2) is 16.8 Å². The Balaban J connectivity index is 2.20. The van der Waals surface area contributed by atoms with Crippen molar-refractivity contribution in [3.8, 4) is 0 Å². The Bertz CT molecular complexity index is 309. The van der Waals surface area contributed by atoms with Crippen LogP contribution in [0.5, 0.6) is 0 Å². The second-order valence-corrected chi connectivity index (χ2v) is 2.40. The third-order valence-electron chi connectivity index (χ3n) is 1.30. The third kappa shape index (κ3) is 3.57. The molecule has 0 aliphatic heterocycles. The average Bonchev–Trinajstić information content (AvgIpc) is 2.56. The van der Waals surface area contributed by atoms with E-state index in [1.807, 2.05) is 0 Å². The molecule has 1 aromatic heterocycles. The summed E-state index contributed by atoms with van der Waals surface area (Å²) in [6.45, 7) is 0.0648. The van der Waals surface area contributed by atoms with Crippen LogP contribution < -0.4 is 10.6 Å². The largest absolute Gasteiger partial charge is 0.481 e. The predicted octanol–water partition coefficient (Wildman–Crippen LogP) is 0.271. The van der Waals surface area contributed by atoms with Crippen LogP contribution in [0.25, 0.3) is 0 Å². The van der Waals surface area contributed by atoms with E-state index in [0.29, 0.717) is 0 Å². The van der Waals surface area contributed by atoms with Crippen molar-refractivity contribution < 1.29 is 19.2 Å². The number of carbonyl (C=O) groups excluding carboxylic acids is 1. The molecule has 0 bridgehead atoms. The Labute approximate surface area is 79.1 Å². The van der Waals surface area contributed by atoms with Crippen molar-refractivity contribution in [3.63, 3.8) is 0 Å². The quantitative estimate of drug-likeness (QED) is 0.645. The maximum atomic E-state index is 11.0. The van der Waals surface area contributed by atoms with Gasteiger partial charge in [0.05, 0.1) is 12.6 Å². The molecule has 7 nitrogen and oxygen atoms in total. The Morgan fingerprint density at radius 3 is 2.93 bits per heavy atom. The van der Waals surface area contributed by atoms with Crippen LogP contribution in [0.1, 0.15) is 6.42 Å². The molecule has 1 rings (SSSR count). The molecule has 0 atom stereocenters.